The number of carbonyl (C=O) groups excluding carboxylic acids is 3. The van der Waals surface area contributed by atoms with E-state index in [4.69, 9.17) is 12.2 Å². The minimum atomic E-state index is -0.866. The molecule has 0 fully saturated rings. The van der Waals surface area contributed by atoms with Gasteiger partial charge in [0.15, 0.2) is 4.77 Å². The lowest BCUT2D eigenvalue weighted by atomic mass is 10.2. The standard InChI is InChI=1S/C16H16N8O4S/c17-28-24-15(27)23-22-13(25)8-2-1-3-9(6-8)18-14(26)19-10-4-5-11-12(7-10)21-16(29)20-11/h1-7H,17H2,(H,22,25)(H2,18,19,26)(H2,20,21,29)(H2,23,24,27). The number of nitrogens with two attached hydrogens (primary N) is 1. The highest BCUT2D eigenvalue weighted by Gasteiger charge is 2.10. The lowest BCUT2D eigenvalue weighted by Gasteiger charge is -2.10. The molecule has 0 aliphatic heterocycles. The van der Waals surface area contributed by atoms with E-state index in [9.17, 15) is 14.4 Å². The molecule has 1 heterocycles. The Kier molecular flexibility index (Phi) is 6.03. The second-order valence-electron chi connectivity index (χ2n) is 5.63. The van der Waals surface area contributed by atoms with E-state index in [2.05, 4.69) is 36.9 Å². The van der Waals surface area contributed by atoms with Crippen LogP contribution in [0, 0.1) is 4.77 Å². The molecule has 3 aromatic rings. The Morgan fingerprint density at radius 1 is 0.897 bits per heavy atom. The van der Waals surface area contributed by atoms with Crippen molar-refractivity contribution in [2.24, 2.45) is 5.90 Å². The van der Waals surface area contributed by atoms with Crippen LogP contribution >= 0.6 is 12.2 Å². The third-order valence-electron chi connectivity index (χ3n) is 3.60. The van der Waals surface area contributed by atoms with E-state index >= 15 is 0 Å². The number of aromatic nitrogens is 2. The number of imidazole rings is 1. The zero-order valence-electron chi connectivity index (χ0n) is 14.7. The molecule has 3 rings (SSSR count). The lowest BCUT2D eigenvalue weighted by molar-refractivity contribution is 0.0594. The number of hydrogen-bond acceptors (Lipinski definition) is 6. The zero-order chi connectivity index (χ0) is 20.8. The first-order valence-electron chi connectivity index (χ1n) is 8.07. The predicted octanol–water partition coefficient (Wildman–Crippen LogP) is 1.62. The van der Waals surface area contributed by atoms with Crippen LogP contribution in [0.25, 0.3) is 11.0 Å². The predicted molar refractivity (Wildman–Crippen MR) is 107 cm³/mol. The number of hydrazine groups is 1. The number of hydroxylamine groups is 1. The summed E-state index contributed by atoms with van der Waals surface area (Å²) >= 11 is 5.03. The van der Waals surface area contributed by atoms with Crippen LogP contribution in [0.5, 0.6) is 0 Å². The average Bonchev–Trinajstić information content (AvgIpc) is 3.05. The highest BCUT2D eigenvalue weighted by Crippen LogP contribution is 2.17. The Morgan fingerprint density at radius 2 is 1.62 bits per heavy atom. The quantitative estimate of drug-likeness (QED) is 0.236. The van der Waals surface area contributed by atoms with Crippen LogP contribution in [0.4, 0.5) is 21.0 Å². The average molecular weight is 416 g/mol. The van der Waals surface area contributed by atoms with Gasteiger partial charge < -0.3 is 20.6 Å². The van der Waals surface area contributed by atoms with Gasteiger partial charge in [0.05, 0.1) is 11.0 Å². The number of anilines is 2. The molecule has 13 heteroatoms. The largest absolute Gasteiger partial charge is 0.358 e. The molecule has 0 spiro atoms. The van der Waals surface area contributed by atoms with Crippen LogP contribution in [0.1, 0.15) is 10.4 Å². The summed E-state index contributed by atoms with van der Waals surface area (Å²) in [4.78, 5) is 45.2. The summed E-state index contributed by atoms with van der Waals surface area (Å²) in [5.74, 6) is 4.04. The van der Waals surface area contributed by atoms with Crippen molar-refractivity contribution >= 4 is 52.6 Å². The van der Waals surface area contributed by atoms with Crippen LogP contribution in [-0.4, -0.2) is 27.9 Å². The first-order chi connectivity index (χ1) is 13.9. The number of hydrogen-bond donors (Lipinski definition) is 8. The van der Waals surface area contributed by atoms with Gasteiger partial charge in [0.2, 0.25) is 0 Å². The molecule has 12 nitrogen and oxygen atoms in total. The van der Waals surface area contributed by atoms with Gasteiger partial charge in [-0.25, -0.2) is 15.0 Å². The van der Waals surface area contributed by atoms with Gasteiger partial charge in [-0.2, -0.15) is 16.3 Å². The van der Waals surface area contributed by atoms with Crippen LogP contribution in [0.15, 0.2) is 42.5 Å². The Labute approximate surface area is 168 Å². The molecule has 29 heavy (non-hydrogen) atoms. The molecule has 9 N–H and O–H groups in total. The van der Waals surface area contributed by atoms with Crippen molar-refractivity contribution in [3.05, 3.63) is 52.8 Å². The van der Waals surface area contributed by atoms with Crippen molar-refractivity contribution in [1.29, 1.82) is 0 Å². The summed E-state index contributed by atoms with van der Waals surface area (Å²) in [5, 5.41) is 5.30. The minimum absolute atomic E-state index is 0.193. The number of rotatable bonds is 4. The molecule has 2 aromatic carbocycles. The van der Waals surface area contributed by atoms with Crippen molar-refractivity contribution in [1.82, 2.24) is 26.3 Å². The molecule has 0 unspecified atom stereocenters. The van der Waals surface area contributed by atoms with E-state index in [1.807, 2.05) is 5.43 Å². The molecule has 0 atom stereocenters. The molecule has 0 saturated heterocycles. The number of fused-ring (bicyclic) bond motifs is 1. The smallest absolute Gasteiger partial charge is 0.331 e. The third-order valence-corrected chi connectivity index (χ3v) is 3.80. The number of carbonyl (C=O) groups is 3. The number of nitrogens with one attached hydrogen (secondary N) is 7. The van der Waals surface area contributed by atoms with Gasteiger partial charge in [-0.05, 0) is 48.6 Å². The van der Waals surface area contributed by atoms with Gasteiger partial charge in [0, 0.05) is 16.9 Å². The summed E-state index contributed by atoms with van der Waals surface area (Å²) < 4.78 is 0.485. The maximum Gasteiger partial charge on any atom is 0.358 e. The summed E-state index contributed by atoms with van der Waals surface area (Å²) in [7, 11) is 0. The zero-order valence-corrected chi connectivity index (χ0v) is 15.5. The number of H-pyrrole nitrogens is 2. The SMILES string of the molecule is NONC(=O)NNC(=O)c1cccc(NC(=O)Nc2ccc3[nH]c(=S)[nH]c3c2)c1. The normalized spacial score (nSPS) is 10.2. The lowest BCUT2D eigenvalue weighted by Crippen LogP contribution is -2.47. The number of urea groups is 2. The number of aromatic amines is 2. The summed E-state index contributed by atoms with van der Waals surface area (Å²) in [6.45, 7) is 0. The molecule has 150 valence electrons. The third kappa shape index (κ3) is 5.29. The van der Waals surface area contributed by atoms with Crippen LogP contribution in [-0.2, 0) is 4.94 Å². The van der Waals surface area contributed by atoms with Crippen LogP contribution in [0.2, 0.25) is 0 Å². The van der Waals surface area contributed by atoms with Crippen LogP contribution in [0.3, 0.4) is 0 Å². The molecular weight excluding hydrogens is 400 g/mol. The van der Waals surface area contributed by atoms with Gasteiger partial charge in [0.25, 0.3) is 5.91 Å². The molecule has 5 amide bonds. The van der Waals surface area contributed by atoms with Crippen molar-refractivity contribution in [2.45, 2.75) is 0 Å². The van der Waals surface area contributed by atoms with Crippen molar-refractivity contribution in [3.8, 4) is 0 Å². The van der Waals surface area contributed by atoms with E-state index in [-0.39, 0.29) is 5.56 Å². The Hall–Kier alpha value is -3.94. The van der Waals surface area contributed by atoms with E-state index in [0.29, 0.717) is 16.1 Å². The van der Waals surface area contributed by atoms with E-state index < -0.39 is 18.0 Å². The maximum absolute atomic E-state index is 12.2. The summed E-state index contributed by atoms with van der Waals surface area (Å²) in [5.41, 5.74) is 8.61. The Bertz CT molecular complexity index is 1130. The van der Waals surface area contributed by atoms with E-state index in [1.165, 1.54) is 12.1 Å². The summed E-state index contributed by atoms with van der Waals surface area (Å²) in [6.07, 6.45) is 0. The van der Waals surface area contributed by atoms with Gasteiger partial charge in [-0.3, -0.25) is 10.2 Å². The van der Waals surface area contributed by atoms with Crippen molar-refractivity contribution in [3.63, 3.8) is 0 Å². The topological polar surface area (TPSA) is 178 Å². The Morgan fingerprint density at radius 3 is 2.38 bits per heavy atom. The van der Waals surface area contributed by atoms with Gasteiger partial charge >= 0.3 is 12.1 Å². The minimum Gasteiger partial charge on any atom is -0.331 e. The molecule has 0 aliphatic rings. The Balaban J connectivity index is 1.61. The fraction of sp³-hybridized carbons (Fsp3) is 0. The number of benzene rings is 2. The van der Waals surface area contributed by atoms with Gasteiger partial charge in [0.1, 0.15) is 0 Å². The highest BCUT2D eigenvalue weighted by atomic mass is 32.1. The van der Waals surface area contributed by atoms with Crippen LogP contribution < -0.4 is 32.9 Å². The number of amides is 5. The summed E-state index contributed by atoms with van der Waals surface area (Å²) in [6, 6.07) is 9.95. The molecule has 1 aromatic heterocycles. The fourth-order valence-corrected chi connectivity index (χ4v) is 2.63. The fourth-order valence-electron chi connectivity index (χ4n) is 2.41. The van der Waals surface area contributed by atoms with Gasteiger partial charge in [-0.1, -0.05) is 6.07 Å². The monoisotopic (exact) mass is 416 g/mol. The van der Waals surface area contributed by atoms with Crippen molar-refractivity contribution in [2.75, 3.05) is 10.6 Å². The highest BCUT2D eigenvalue weighted by molar-refractivity contribution is 7.71. The molecule has 0 bridgehead atoms. The second kappa shape index (κ2) is 8.83. The first kappa shape index (κ1) is 19.8. The van der Waals surface area contributed by atoms with Crippen molar-refractivity contribution < 1.29 is 19.3 Å². The van der Waals surface area contributed by atoms with E-state index in [1.54, 1.807) is 35.8 Å². The molecule has 0 radical (unpaired) electrons. The maximum atomic E-state index is 12.2. The first-order valence-corrected chi connectivity index (χ1v) is 8.47. The molecular formula is C16H16N8O4S. The second-order valence-corrected chi connectivity index (χ2v) is 6.04. The van der Waals surface area contributed by atoms with E-state index in [0.717, 1.165) is 11.0 Å². The molecule has 0 saturated carbocycles. The van der Waals surface area contributed by atoms with Gasteiger partial charge in [-0.15, -0.1) is 0 Å². The molecule has 0 aliphatic carbocycles.